The largest absolute Gasteiger partial charge is 0.454 e. The van der Waals surface area contributed by atoms with Crippen LogP contribution < -0.4 is 15.2 Å². The van der Waals surface area contributed by atoms with Crippen LogP contribution in [0, 0.1) is 0 Å². The van der Waals surface area contributed by atoms with Gasteiger partial charge in [-0.3, -0.25) is 0 Å². The normalized spacial score (nSPS) is 26.7. The first-order valence-corrected chi connectivity index (χ1v) is 9.97. The maximum absolute atomic E-state index is 13.2. The molecule has 1 aliphatic heterocycles. The van der Waals surface area contributed by atoms with Crippen molar-refractivity contribution in [2.45, 2.75) is 21.6 Å². The van der Waals surface area contributed by atoms with Gasteiger partial charge in [-0.1, -0.05) is 17.7 Å². The fraction of sp³-hybridized carbons (Fsp3) is 0.333. The average Bonchev–Trinajstić information content (AvgIpc) is 2.99. The van der Waals surface area contributed by atoms with Gasteiger partial charge in [0.05, 0.1) is 22.3 Å². The minimum atomic E-state index is -3.66. The molecule has 0 amide bonds. The summed E-state index contributed by atoms with van der Waals surface area (Å²) in [6.45, 7) is 0.283. The van der Waals surface area contributed by atoms with Gasteiger partial charge in [-0.2, -0.15) is 0 Å². The molecule has 0 bridgehead atoms. The number of benzene rings is 2. The van der Waals surface area contributed by atoms with Crippen LogP contribution in [0.15, 0.2) is 47.4 Å². The second kappa shape index (κ2) is 6.13. The van der Waals surface area contributed by atoms with E-state index in [-0.39, 0.29) is 18.3 Å². The maximum atomic E-state index is 13.2. The van der Waals surface area contributed by atoms with Crippen LogP contribution in [0.5, 0.6) is 11.5 Å². The highest BCUT2D eigenvalue weighted by Gasteiger charge is 2.69. The third-order valence-corrected chi connectivity index (χ3v) is 7.49. The van der Waals surface area contributed by atoms with Crippen molar-refractivity contribution < 1.29 is 22.6 Å². The molecule has 3 unspecified atom stereocenters. The molecule has 138 valence electrons. The molecule has 2 aromatic carbocycles. The lowest BCUT2D eigenvalue weighted by Gasteiger charge is -2.11. The Balaban J connectivity index is 1.73. The summed E-state index contributed by atoms with van der Waals surface area (Å²) in [7, 11) is -2.15. The Labute approximate surface area is 156 Å². The molecule has 3 atom stereocenters. The van der Waals surface area contributed by atoms with Crippen LogP contribution in [-0.4, -0.2) is 39.7 Å². The number of rotatable bonds is 5. The molecule has 2 aromatic rings. The number of methoxy groups -OCH3 is 1. The van der Waals surface area contributed by atoms with E-state index < -0.39 is 26.5 Å². The molecule has 1 aliphatic carbocycles. The number of ether oxygens (including phenoxy) is 3. The summed E-state index contributed by atoms with van der Waals surface area (Å²) in [6.07, 6.45) is 0. The summed E-state index contributed by atoms with van der Waals surface area (Å²) in [6, 6.07) is 11.5. The number of halogens is 1. The van der Waals surface area contributed by atoms with Crippen molar-refractivity contribution in [2.24, 2.45) is 5.73 Å². The van der Waals surface area contributed by atoms with Gasteiger partial charge in [0.2, 0.25) is 6.79 Å². The molecule has 1 fully saturated rings. The van der Waals surface area contributed by atoms with Crippen molar-refractivity contribution in [1.82, 2.24) is 0 Å². The maximum Gasteiger partial charge on any atom is 0.231 e. The van der Waals surface area contributed by atoms with Crippen LogP contribution in [0.3, 0.4) is 0 Å². The molecule has 0 spiro atoms. The highest BCUT2D eigenvalue weighted by molar-refractivity contribution is 7.92. The van der Waals surface area contributed by atoms with E-state index in [0.29, 0.717) is 16.5 Å². The summed E-state index contributed by atoms with van der Waals surface area (Å²) < 4.78 is 42.3. The molecule has 2 aliphatic rings. The van der Waals surface area contributed by atoms with E-state index in [4.69, 9.17) is 31.5 Å². The zero-order chi connectivity index (χ0) is 18.5. The van der Waals surface area contributed by atoms with E-state index in [9.17, 15) is 8.42 Å². The summed E-state index contributed by atoms with van der Waals surface area (Å²) in [5, 5.41) is -0.320. The van der Waals surface area contributed by atoms with Crippen molar-refractivity contribution in [3.63, 3.8) is 0 Å². The van der Waals surface area contributed by atoms with Gasteiger partial charge in [0.1, 0.15) is 0 Å². The van der Waals surface area contributed by atoms with Gasteiger partial charge in [-0.15, -0.1) is 0 Å². The Morgan fingerprint density at radius 3 is 2.58 bits per heavy atom. The predicted molar refractivity (Wildman–Crippen MR) is 96.5 cm³/mol. The van der Waals surface area contributed by atoms with Gasteiger partial charge in [0, 0.05) is 18.1 Å². The van der Waals surface area contributed by atoms with Crippen LogP contribution in [0.25, 0.3) is 0 Å². The quantitative estimate of drug-likeness (QED) is 0.836. The number of sulfone groups is 1. The van der Waals surface area contributed by atoms with E-state index in [1.54, 1.807) is 24.3 Å². The molecule has 1 heterocycles. The predicted octanol–water partition coefficient (Wildman–Crippen LogP) is 2.35. The summed E-state index contributed by atoms with van der Waals surface area (Å²) in [4.78, 5) is 0.195. The lowest BCUT2D eigenvalue weighted by molar-refractivity contribution is 0.171. The molecule has 0 saturated heterocycles. The topological polar surface area (TPSA) is 87.8 Å². The van der Waals surface area contributed by atoms with Crippen molar-refractivity contribution in [2.75, 3.05) is 20.5 Å². The Bertz CT molecular complexity index is 947. The molecule has 8 heteroatoms. The molecule has 1 saturated carbocycles. The minimum Gasteiger partial charge on any atom is -0.454 e. The van der Waals surface area contributed by atoms with E-state index in [1.807, 2.05) is 6.07 Å². The number of nitrogens with two attached hydrogens (primary N) is 1. The van der Waals surface area contributed by atoms with Gasteiger partial charge in [0.25, 0.3) is 0 Å². The van der Waals surface area contributed by atoms with Crippen LogP contribution in [0.2, 0.25) is 5.02 Å². The van der Waals surface area contributed by atoms with Gasteiger partial charge < -0.3 is 19.9 Å². The van der Waals surface area contributed by atoms with Crippen molar-refractivity contribution >= 4 is 21.4 Å². The smallest absolute Gasteiger partial charge is 0.231 e. The van der Waals surface area contributed by atoms with Gasteiger partial charge >= 0.3 is 0 Å². The minimum absolute atomic E-state index is 0.129. The first-order valence-electron chi connectivity index (χ1n) is 8.05. The molecule has 6 nitrogen and oxygen atoms in total. The molecule has 4 rings (SSSR count). The highest BCUT2D eigenvalue weighted by Crippen LogP contribution is 2.56. The standard InChI is InChI=1S/C18H18ClNO5S/c1-23-9-18(20)16(11-2-7-14-15(8-11)25-10-24-14)17(18)26(21,22)13-5-3-12(19)4-6-13/h2-8,16-17H,9-10,20H2,1H3. The summed E-state index contributed by atoms with van der Waals surface area (Å²) in [5.41, 5.74) is 6.25. The fourth-order valence-corrected chi connectivity index (χ4v) is 6.09. The van der Waals surface area contributed by atoms with E-state index in [2.05, 4.69) is 0 Å². The Morgan fingerprint density at radius 2 is 1.88 bits per heavy atom. The molecule has 2 N–H and O–H groups in total. The third-order valence-electron chi connectivity index (χ3n) is 4.93. The van der Waals surface area contributed by atoms with E-state index >= 15 is 0 Å². The third kappa shape index (κ3) is 2.66. The van der Waals surface area contributed by atoms with E-state index in [0.717, 1.165) is 5.56 Å². The molecular weight excluding hydrogens is 378 g/mol. The van der Waals surface area contributed by atoms with Gasteiger partial charge in [-0.05, 0) is 42.0 Å². The van der Waals surface area contributed by atoms with Crippen molar-refractivity contribution in [1.29, 1.82) is 0 Å². The number of hydrogen-bond acceptors (Lipinski definition) is 6. The van der Waals surface area contributed by atoms with Crippen LogP contribution >= 0.6 is 11.6 Å². The summed E-state index contributed by atoms with van der Waals surface area (Å²) >= 11 is 5.88. The van der Waals surface area contributed by atoms with Crippen LogP contribution in [0.1, 0.15) is 11.5 Å². The van der Waals surface area contributed by atoms with Crippen molar-refractivity contribution in [3.8, 4) is 11.5 Å². The first-order chi connectivity index (χ1) is 12.4. The highest BCUT2D eigenvalue weighted by atomic mass is 35.5. The Kier molecular flexibility index (Phi) is 4.15. The first kappa shape index (κ1) is 17.6. The zero-order valence-electron chi connectivity index (χ0n) is 14.0. The lowest BCUT2D eigenvalue weighted by Crippen LogP contribution is -2.35. The molecule has 26 heavy (non-hydrogen) atoms. The Hall–Kier alpha value is -1.80. The average molecular weight is 396 g/mol. The molecule has 0 aromatic heterocycles. The Morgan fingerprint density at radius 1 is 1.19 bits per heavy atom. The second-order valence-corrected chi connectivity index (χ2v) is 9.06. The number of fused-ring (bicyclic) bond motifs is 1. The fourth-order valence-electron chi connectivity index (χ4n) is 3.68. The van der Waals surface area contributed by atoms with Gasteiger partial charge in [0.15, 0.2) is 21.3 Å². The second-order valence-electron chi connectivity index (χ2n) is 6.56. The molecule has 0 radical (unpaired) electrons. The monoisotopic (exact) mass is 395 g/mol. The number of hydrogen-bond donors (Lipinski definition) is 1. The SMILES string of the molecule is COCC1(N)C(c2ccc3c(c2)OCO3)C1S(=O)(=O)c1ccc(Cl)cc1. The van der Waals surface area contributed by atoms with Crippen molar-refractivity contribution in [3.05, 3.63) is 53.1 Å². The van der Waals surface area contributed by atoms with Crippen LogP contribution in [0.4, 0.5) is 0 Å². The van der Waals surface area contributed by atoms with E-state index in [1.165, 1.54) is 19.2 Å². The lowest BCUT2D eigenvalue weighted by atomic mass is 10.1. The molecular formula is C18H18ClNO5S. The van der Waals surface area contributed by atoms with Crippen LogP contribution in [-0.2, 0) is 14.6 Å². The zero-order valence-corrected chi connectivity index (χ0v) is 15.6. The summed E-state index contributed by atoms with van der Waals surface area (Å²) in [5.74, 6) is 0.829. The van der Waals surface area contributed by atoms with Gasteiger partial charge in [-0.25, -0.2) is 8.42 Å².